The Balaban J connectivity index is 1.59. The quantitative estimate of drug-likeness (QED) is 0.633. The number of likely N-dealkylation sites (N-methyl/N-ethyl adjacent to an activating group) is 1. The number of hydrogen-bond donors (Lipinski definition) is 0. The van der Waals surface area contributed by atoms with E-state index >= 15 is 0 Å². The second kappa shape index (κ2) is 9.99. The smallest absolute Gasteiger partial charge is 0.257 e. The van der Waals surface area contributed by atoms with Crippen LogP contribution in [0.4, 0.5) is 0 Å². The fourth-order valence-corrected chi connectivity index (χ4v) is 4.33. The number of aromatic nitrogens is 2. The lowest BCUT2D eigenvalue weighted by molar-refractivity contribution is -0.133. The van der Waals surface area contributed by atoms with Gasteiger partial charge >= 0.3 is 0 Å². The molecule has 0 saturated heterocycles. The summed E-state index contributed by atoms with van der Waals surface area (Å²) in [5.41, 5.74) is 0. The number of rotatable bonds is 8. The van der Waals surface area contributed by atoms with E-state index in [1.54, 1.807) is 11.3 Å². The van der Waals surface area contributed by atoms with Gasteiger partial charge in [-0.25, -0.2) is 0 Å². The molecule has 6 nitrogen and oxygen atoms in total. The van der Waals surface area contributed by atoms with Crippen LogP contribution < -0.4 is 0 Å². The molecule has 0 aliphatic heterocycles. The molecule has 2 heterocycles. The molecule has 2 aromatic rings. The topological polar surface area (TPSA) is 62.5 Å². The number of amides is 1. The van der Waals surface area contributed by atoms with Gasteiger partial charge in [-0.15, -0.1) is 21.5 Å². The molecule has 1 fully saturated rings. The molecule has 0 atom stereocenters. The lowest BCUT2D eigenvalue weighted by atomic mass is 10.1. The summed E-state index contributed by atoms with van der Waals surface area (Å²) >= 11 is 1.57. The van der Waals surface area contributed by atoms with Crippen molar-refractivity contribution in [2.75, 3.05) is 20.1 Å². The first-order chi connectivity index (χ1) is 13.2. The largest absolute Gasteiger partial charge is 0.418 e. The highest BCUT2D eigenvalue weighted by Crippen LogP contribution is 2.24. The standard InChI is InChI=1S/C20H30N4O2S/c1-3-12-24(14-18-21-22-20(26-18)17-11-8-13-27-17)19(25)15-23(2)16-9-6-4-5-7-10-16/h8,11,13,16H,3-7,9-10,12,14-15H2,1-2H3. The summed E-state index contributed by atoms with van der Waals surface area (Å²) in [6.45, 7) is 3.62. The first kappa shape index (κ1) is 20.0. The molecule has 2 aromatic heterocycles. The van der Waals surface area contributed by atoms with E-state index in [2.05, 4.69) is 29.1 Å². The third-order valence-electron chi connectivity index (χ3n) is 5.20. The molecule has 0 N–H and O–H groups in total. The summed E-state index contributed by atoms with van der Waals surface area (Å²) < 4.78 is 5.77. The lowest BCUT2D eigenvalue weighted by Gasteiger charge is -2.29. The van der Waals surface area contributed by atoms with Crippen LogP contribution in [0.1, 0.15) is 57.8 Å². The SMILES string of the molecule is CCCN(Cc1nnc(-c2cccs2)o1)C(=O)CN(C)C1CCCCCC1. The molecular weight excluding hydrogens is 360 g/mol. The summed E-state index contributed by atoms with van der Waals surface area (Å²) in [7, 11) is 2.08. The van der Waals surface area contributed by atoms with Gasteiger partial charge in [-0.1, -0.05) is 38.7 Å². The monoisotopic (exact) mass is 390 g/mol. The maximum Gasteiger partial charge on any atom is 0.257 e. The van der Waals surface area contributed by atoms with Crippen molar-refractivity contribution in [2.45, 2.75) is 64.5 Å². The number of thiophene rings is 1. The number of nitrogens with zero attached hydrogens (tertiary/aromatic N) is 4. The predicted octanol–water partition coefficient (Wildman–Crippen LogP) is 4.19. The van der Waals surface area contributed by atoms with E-state index in [-0.39, 0.29) is 5.91 Å². The van der Waals surface area contributed by atoms with Crippen molar-refractivity contribution in [3.63, 3.8) is 0 Å². The van der Waals surface area contributed by atoms with Gasteiger partial charge in [0.25, 0.3) is 5.89 Å². The molecule has 7 heteroatoms. The highest BCUT2D eigenvalue weighted by molar-refractivity contribution is 7.13. The van der Waals surface area contributed by atoms with Crippen molar-refractivity contribution in [2.24, 2.45) is 0 Å². The van der Waals surface area contributed by atoms with Crippen LogP contribution in [0, 0.1) is 0 Å². The minimum absolute atomic E-state index is 0.138. The van der Waals surface area contributed by atoms with Gasteiger partial charge < -0.3 is 9.32 Å². The summed E-state index contributed by atoms with van der Waals surface area (Å²) in [5, 5.41) is 10.2. The van der Waals surface area contributed by atoms with Crippen LogP contribution in [0.25, 0.3) is 10.8 Å². The average molecular weight is 391 g/mol. The van der Waals surface area contributed by atoms with Crippen LogP contribution in [-0.4, -0.2) is 52.1 Å². The second-order valence-electron chi connectivity index (χ2n) is 7.35. The average Bonchev–Trinajstić information content (AvgIpc) is 3.27. The number of carbonyl (C=O) groups is 1. The van der Waals surface area contributed by atoms with Crippen molar-refractivity contribution in [1.29, 1.82) is 0 Å². The summed E-state index contributed by atoms with van der Waals surface area (Å²) in [6, 6.07) is 4.44. The van der Waals surface area contributed by atoms with Crippen LogP contribution in [0.5, 0.6) is 0 Å². The summed E-state index contributed by atoms with van der Waals surface area (Å²) in [4.78, 5) is 17.9. The Morgan fingerprint density at radius 3 is 2.70 bits per heavy atom. The first-order valence-corrected chi connectivity index (χ1v) is 10.9. The zero-order valence-electron chi connectivity index (χ0n) is 16.4. The van der Waals surface area contributed by atoms with E-state index in [0.717, 1.165) is 11.3 Å². The third kappa shape index (κ3) is 5.62. The van der Waals surface area contributed by atoms with Crippen molar-refractivity contribution >= 4 is 17.2 Å². The van der Waals surface area contributed by atoms with Gasteiger partial charge in [0.1, 0.15) is 0 Å². The van der Waals surface area contributed by atoms with E-state index in [9.17, 15) is 4.79 Å². The Morgan fingerprint density at radius 1 is 1.26 bits per heavy atom. The minimum atomic E-state index is 0.138. The van der Waals surface area contributed by atoms with Crippen LogP contribution in [0.2, 0.25) is 0 Å². The Kier molecular flexibility index (Phi) is 7.41. The van der Waals surface area contributed by atoms with Gasteiger partial charge in [0.05, 0.1) is 18.0 Å². The maximum atomic E-state index is 12.9. The van der Waals surface area contributed by atoms with E-state index in [4.69, 9.17) is 4.42 Å². The van der Waals surface area contributed by atoms with Crippen molar-refractivity contribution in [3.8, 4) is 10.8 Å². The zero-order valence-corrected chi connectivity index (χ0v) is 17.2. The van der Waals surface area contributed by atoms with Crippen molar-refractivity contribution < 1.29 is 9.21 Å². The molecule has 1 amide bonds. The fourth-order valence-electron chi connectivity index (χ4n) is 3.68. The third-order valence-corrected chi connectivity index (χ3v) is 6.06. The lowest BCUT2D eigenvalue weighted by Crippen LogP contribution is -2.42. The van der Waals surface area contributed by atoms with Gasteiger partial charge in [-0.2, -0.15) is 0 Å². The van der Waals surface area contributed by atoms with Crippen molar-refractivity contribution in [3.05, 3.63) is 23.4 Å². The fraction of sp³-hybridized carbons (Fsp3) is 0.650. The number of carbonyl (C=O) groups excluding carboxylic acids is 1. The van der Waals surface area contributed by atoms with E-state index in [1.165, 1.54) is 38.5 Å². The highest BCUT2D eigenvalue weighted by Gasteiger charge is 2.23. The molecule has 1 aliphatic carbocycles. The van der Waals surface area contributed by atoms with Crippen LogP contribution in [0.15, 0.2) is 21.9 Å². The van der Waals surface area contributed by atoms with Crippen LogP contribution >= 0.6 is 11.3 Å². The second-order valence-corrected chi connectivity index (χ2v) is 8.30. The molecule has 0 unspecified atom stereocenters. The molecule has 0 spiro atoms. The predicted molar refractivity (Wildman–Crippen MR) is 107 cm³/mol. The minimum Gasteiger partial charge on any atom is -0.418 e. The Labute approximate surface area is 165 Å². The molecule has 1 saturated carbocycles. The van der Waals surface area contributed by atoms with Gasteiger partial charge in [-0.3, -0.25) is 9.69 Å². The molecule has 3 rings (SSSR count). The zero-order chi connectivity index (χ0) is 19.1. The summed E-state index contributed by atoms with van der Waals surface area (Å²) in [5.74, 6) is 1.16. The van der Waals surface area contributed by atoms with E-state index < -0.39 is 0 Å². The Bertz CT molecular complexity index is 693. The van der Waals surface area contributed by atoms with Gasteiger partial charge in [0.15, 0.2) is 0 Å². The van der Waals surface area contributed by atoms with Gasteiger partial charge in [-0.05, 0) is 37.8 Å². The van der Waals surface area contributed by atoms with Crippen molar-refractivity contribution in [1.82, 2.24) is 20.0 Å². The van der Waals surface area contributed by atoms with E-state index in [0.29, 0.717) is 37.5 Å². The van der Waals surface area contributed by atoms with E-state index in [1.807, 2.05) is 22.4 Å². The van der Waals surface area contributed by atoms with Gasteiger partial charge in [0, 0.05) is 12.6 Å². The van der Waals surface area contributed by atoms with Gasteiger partial charge in [0.2, 0.25) is 11.8 Å². The molecule has 148 valence electrons. The normalized spacial score (nSPS) is 15.8. The molecule has 0 radical (unpaired) electrons. The molecule has 1 aliphatic rings. The molecule has 27 heavy (non-hydrogen) atoms. The maximum absolute atomic E-state index is 12.9. The first-order valence-electron chi connectivity index (χ1n) is 10.0. The molecular formula is C20H30N4O2S. The highest BCUT2D eigenvalue weighted by atomic mass is 32.1. The molecule has 0 bridgehead atoms. The summed E-state index contributed by atoms with van der Waals surface area (Å²) in [6.07, 6.45) is 8.50. The number of hydrogen-bond acceptors (Lipinski definition) is 6. The Hall–Kier alpha value is -1.73. The van der Waals surface area contributed by atoms with Crippen LogP contribution in [0.3, 0.4) is 0 Å². The van der Waals surface area contributed by atoms with Crippen LogP contribution in [-0.2, 0) is 11.3 Å². The molecule has 0 aromatic carbocycles. The Morgan fingerprint density at radius 2 is 2.04 bits per heavy atom.